The Labute approximate surface area is 122 Å². The lowest BCUT2D eigenvalue weighted by Crippen LogP contribution is -2.30. The Bertz CT molecular complexity index is 548. The van der Waals surface area contributed by atoms with Gasteiger partial charge in [-0.3, -0.25) is 9.59 Å². The fraction of sp³-hybridized carbons (Fsp3) is 0.467. The first-order chi connectivity index (χ1) is 9.63. The van der Waals surface area contributed by atoms with E-state index in [9.17, 15) is 9.59 Å². The van der Waals surface area contributed by atoms with E-state index in [-0.39, 0.29) is 23.7 Å². The van der Waals surface area contributed by atoms with Gasteiger partial charge in [0.1, 0.15) is 5.75 Å². The molecule has 5 heteroatoms. The van der Waals surface area contributed by atoms with Gasteiger partial charge < -0.3 is 4.74 Å². The van der Waals surface area contributed by atoms with E-state index < -0.39 is 0 Å². The van der Waals surface area contributed by atoms with Crippen LogP contribution in [0, 0.1) is 11.8 Å². The highest BCUT2D eigenvalue weighted by atomic mass is 35.5. The minimum Gasteiger partial charge on any atom is -0.495 e. The molecule has 0 bridgehead atoms. The number of methoxy groups -OCH3 is 1. The van der Waals surface area contributed by atoms with Gasteiger partial charge in [0.05, 0.1) is 29.7 Å². The van der Waals surface area contributed by atoms with Gasteiger partial charge in [0.15, 0.2) is 0 Å². The van der Waals surface area contributed by atoms with E-state index >= 15 is 0 Å². The number of nitrogens with zero attached hydrogens (tertiary/aromatic N) is 1. The number of anilines is 1. The molecular formula is C15H16ClNO3. The van der Waals surface area contributed by atoms with Crippen molar-refractivity contribution in [2.45, 2.75) is 25.7 Å². The quantitative estimate of drug-likeness (QED) is 0.788. The van der Waals surface area contributed by atoms with Crippen molar-refractivity contribution < 1.29 is 14.3 Å². The first-order valence-electron chi connectivity index (χ1n) is 6.85. The Morgan fingerprint density at radius 2 is 1.75 bits per heavy atom. The number of carbonyl (C=O) groups is 2. The van der Waals surface area contributed by atoms with Gasteiger partial charge in [0, 0.05) is 0 Å². The molecule has 0 spiro atoms. The summed E-state index contributed by atoms with van der Waals surface area (Å²) in [5.74, 6) is 0.0862. The standard InChI is InChI=1S/C15H16ClNO3/c1-20-13-7-6-9(8-12(13)16)17-14(18)10-4-2-3-5-11(10)15(17)19/h6-8,10-11H,2-5H2,1H3. The van der Waals surface area contributed by atoms with Crippen molar-refractivity contribution in [1.82, 2.24) is 0 Å². The Morgan fingerprint density at radius 1 is 1.15 bits per heavy atom. The van der Waals surface area contributed by atoms with Gasteiger partial charge in [0.2, 0.25) is 11.8 Å². The van der Waals surface area contributed by atoms with Crippen molar-refractivity contribution in [3.8, 4) is 5.75 Å². The molecule has 1 aromatic rings. The molecule has 2 aliphatic rings. The van der Waals surface area contributed by atoms with E-state index in [0.29, 0.717) is 16.5 Å². The van der Waals surface area contributed by atoms with Crippen LogP contribution in [0.25, 0.3) is 0 Å². The monoisotopic (exact) mass is 293 g/mol. The number of imide groups is 1. The summed E-state index contributed by atoms with van der Waals surface area (Å²) in [6.45, 7) is 0. The molecule has 1 saturated carbocycles. The highest BCUT2D eigenvalue weighted by molar-refractivity contribution is 6.32. The third kappa shape index (κ3) is 1.99. The van der Waals surface area contributed by atoms with Crippen molar-refractivity contribution in [2.75, 3.05) is 12.0 Å². The maximum atomic E-state index is 12.4. The minimum atomic E-state index is -0.142. The highest BCUT2D eigenvalue weighted by Gasteiger charge is 2.48. The Kier molecular flexibility index (Phi) is 3.42. The van der Waals surface area contributed by atoms with Gasteiger partial charge >= 0.3 is 0 Å². The number of halogens is 1. The Hall–Kier alpha value is -1.55. The second-order valence-electron chi connectivity index (χ2n) is 5.33. The minimum absolute atomic E-state index is 0.0825. The lowest BCUT2D eigenvalue weighted by atomic mass is 9.81. The lowest BCUT2D eigenvalue weighted by Gasteiger charge is -2.19. The summed E-state index contributed by atoms with van der Waals surface area (Å²) in [7, 11) is 1.53. The molecule has 1 aliphatic carbocycles. The second kappa shape index (κ2) is 5.09. The maximum absolute atomic E-state index is 12.4. The molecule has 1 saturated heterocycles. The number of carbonyl (C=O) groups excluding carboxylic acids is 2. The van der Waals surface area contributed by atoms with Crippen LogP contribution in [-0.2, 0) is 9.59 Å². The van der Waals surface area contributed by atoms with E-state index in [2.05, 4.69) is 0 Å². The summed E-state index contributed by atoms with van der Waals surface area (Å²) in [6.07, 6.45) is 3.68. The molecule has 1 aromatic carbocycles. The first kappa shape index (κ1) is 13.4. The van der Waals surface area contributed by atoms with Crippen molar-refractivity contribution in [3.05, 3.63) is 23.2 Å². The molecule has 0 N–H and O–H groups in total. The predicted molar refractivity (Wildman–Crippen MR) is 75.9 cm³/mol. The molecule has 2 unspecified atom stereocenters. The average molecular weight is 294 g/mol. The number of rotatable bonds is 2. The SMILES string of the molecule is COc1ccc(N2C(=O)C3CCCCC3C2=O)cc1Cl. The van der Waals surface area contributed by atoms with E-state index in [4.69, 9.17) is 16.3 Å². The number of hydrogen-bond acceptors (Lipinski definition) is 3. The largest absolute Gasteiger partial charge is 0.495 e. The molecule has 106 valence electrons. The number of ether oxygens (including phenoxy) is 1. The zero-order valence-electron chi connectivity index (χ0n) is 11.3. The van der Waals surface area contributed by atoms with Gasteiger partial charge in [0.25, 0.3) is 0 Å². The number of amides is 2. The van der Waals surface area contributed by atoms with Gasteiger partial charge in [-0.15, -0.1) is 0 Å². The summed E-state index contributed by atoms with van der Waals surface area (Å²) < 4.78 is 5.09. The topological polar surface area (TPSA) is 46.6 Å². The fourth-order valence-corrected chi connectivity index (χ4v) is 3.46. The van der Waals surface area contributed by atoms with Gasteiger partial charge in [-0.2, -0.15) is 0 Å². The normalized spacial score (nSPS) is 25.8. The van der Waals surface area contributed by atoms with Crippen LogP contribution in [0.4, 0.5) is 5.69 Å². The third-order valence-electron chi connectivity index (χ3n) is 4.23. The zero-order chi connectivity index (χ0) is 14.3. The Balaban J connectivity index is 1.95. The van der Waals surface area contributed by atoms with E-state index in [1.807, 2.05) is 0 Å². The van der Waals surface area contributed by atoms with Crippen molar-refractivity contribution in [2.24, 2.45) is 11.8 Å². The van der Waals surface area contributed by atoms with Crippen LogP contribution in [0.1, 0.15) is 25.7 Å². The van der Waals surface area contributed by atoms with E-state index in [1.165, 1.54) is 12.0 Å². The number of hydrogen-bond donors (Lipinski definition) is 0. The van der Waals surface area contributed by atoms with Crippen LogP contribution in [0.15, 0.2) is 18.2 Å². The number of benzene rings is 1. The third-order valence-corrected chi connectivity index (χ3v) is 4.53. The molecule has 0 aromatic heterocycles. The summed E-state index contributed by atoms with van der Waals surface area (Å²) >= 11 is 6.08. The Morgan fingerprint density at radius 3 is 2.25 bits per heavy atom. The predicted octanol–water partition coefficient (Wildman–Crippen LogP) is 3.03. The first-order valence-corrected chi connectivity index (χ1v) is 7.22. The van der Waals surface area contributed by atoms with Crippen LogP contribution < -0.4 is 9.64 Å². The molecule has 20 heavy (non-hydrogen) atoms. The molecule has 4 nitrogen and oxygen atoms in total. The van der Waals surface area contributed by atoms with Crippen LogP contribution in [0.2, 0.25) is 5.02 Å². The smallest absolute Gasteiger partial charge is 0.237 e. The van der Waals surface area contributed by atoms with Crippen LogP contribution in [0.3, 0.4) is 0 Å². The fourth-order valence-electron chi connectivity index (χ4n) is 3.21. The van der Waals surface area contributed by atoms with Crippen molar-refractivity contribution in [3.63, 3.8) is 0 Å². The molecule has 2 atom stereocenters. The second-order valence-corrected chi connectivity index (χ2v) is 5.74. The van der Waals surface area contributed by atoms with Gasteiger partial charge in [-0.05, 0) is 31.0 Å². The van der Waals surface area contributed by atoms with Gasteiger partial charge in [-0.1, -0.05) is 24.4 Å². The lowest BCUT2D eigenvalue weighted by molar-refractivity contribution is -0.122. The van der Waals surface area contributed by atoms with Crippen LogP contribution in [0.5, 0.6) is 5.75 Å². The van der Waals surface area contributed by atoms with E-state index in [1.54, 1.807) is 18.2 Å². The van der Waals surface area contributed by atoms with Gasteiger partial charge in [-0.25, -0.2) is 4.90 Å². The highest BCUT2D eigenvalue weighted by Crippen LogP contribution is 2.41. The molecular weight excluding hydrogens is 278 g/mol. The van der Waals surface area contributed by atoms with E-state index in [0.717, 1.165) is 25.7 Å². The molecule has 2 amide bonds. The number of fused-ring (bicyclic) bond motifs is 1. The molecule has 1 heterocycles. The molecule has 1 aliphatic heterocycles. The molecule has 3 rings (SSSR count). The van der Waals surface area contributed by atoms with Crippen LogP contribution >= 0.6 is 11.6 Å². The average Bonchev–Trinajstić information content (AvgIpc) is 2.71. The summed E-state index contributed by atoms with van der Waals surface area (Å²) in [4.78, 5) is 26.2. The summed E-state index contributed by atoms with van der Waals surface area (Å²) in [5, 5.41) is 0.403. The summed E-state index contributed by atoms with van der Waals surface area (Å²) in [5.41, 5.74) is 0.542. The maximum Gasteiger partial charge on any atom is 0.237 e. The van der Waals surface area contributed by atoms with Crippen LogP contribution in [-0.4, -0.2) is 18.9 Å². The zero-order valence-corrected chi connectivity index (χ0v) is 12.0. The van der Waals surface area contributed by atoms with Crippen molar-refractivity contribution >= 4 is 29.1 Å². The molecule has 2 fully saturated rings. The summed E-state index contributed by atoms with van der Waals surface area (Å²) in [6, 6.07) is 5.01. The van der Waals surface area contributed by atoms with Crippen molar-refractivity contribution in [1.29, 1.82) is 0 Å². The molecule has 0 radical (unpaired) electrons.